The third-order valence-electron chi connectivity index (χ3n) is 6.44. The van der Waals surface area contributed by atoms with Crippen molar-refractivity contribution in [2.24, 2.45) is 0 Å². The summed E-state index contributed by atoms with van der Waals surface area (Å²) < 4.78 is 30.3. The summed E-state index contributed by atoms with van der Waals surface area (Å²) in [5.74, 6) is 1.48. The highest BCUT2D eigenvalue weighted by atomic mass is 35.5. The average Bonchev–Trinajstić information content (AvgIpc) is 3.65. The summed E-state index contributed by atoms with van der Waals surface area (Å²) in [4.78, 5) is 21.0. The summed E-state index contributed by atoms with van der Waals surface area (Å²) in [5.41, 5.74) is 4.24. The molecule has 1 N–H and O–H groups in total. The van der Waals surface area contributed by atoms with Crippen molar-refractivity contribution >= 4 is 33.7 Å². The monoisotopic (exact) mass is 530 g/mol. The summed E-state index contributed by atoms with van der Waals surface area (Å²) in [6.07, 6.45) is 5.39. The number of aromatic nitrogens is 8. The first-order chi connectivity index (χ1) is 18.5. The lowest BCUT2D eigenvalue weighted by Gasteiger charge is -2.17. The largest absolute Gasteiger partial charge is 0.454 e. The maximum absolute atomic E-state index is 15.0. The van der Waals surface area contributed by atoms with E-state index in [0.717, 1.165) is 23.6 Å². The minimum absolute atomic E-state index is 0.0690. The molecule has 2 aromatic carbocycles. The van der Waals surface area contributed by atoms with E-state index in [1.807, 2.05) is 12.4 Å². The van der Waals surface area contributed by atoms with Gasteiger partial charge in [-0.05, 0) is 31.2 Å². The van der Waals surface area contributed by atoms with Gasteiger partial charge in [-0.25, -0.2) is 24.3 Å². The number of imidazole rings is 2. The molecule has 1 aliphatic rings. The molecule has 38 heavy (non-hydrogen) atoms. The Morgan fingerprint density at radius 2 is 2.05 bits per heavy atom. The van der Waals surface area contributed by atoms with Crippen LogP contribution in [0.15, 0.2) is 48.9 Å². The summed E-state index contributed by atoms with van der Waals surface area (Å²) >= 11 is 6.50. The molecule has 0 saturated carbocycles. The van der Waals surface area contributed by atoms with Crippen molar-refractivity contribution in [1.82, 2.24) is 39.3 Å². The fraction of sp³-hybridized carbons (Fsp3) is 0.192. The van der Waals surface area contributed by atoms with E-state index in [1.54, 1.807) is 48.1 Å². The zero-order valence-corrected chi connectivity index (χ0v) is 20.9. The van der Waals surface area contributed by atoms with Crippen molar-refractivity contribution in [3.8, 4) is 22.8 Å². The van der Waals surface area contributed by atoms with Crippen molar-refractivity contribution in [1.29, 1.82) is 0 Å². The second-order valence-corrected chi connectivity index (χ2v) is 9.37. The summed E-state index contributed by atoms with van der Waals surface area (Å²) in [6, 6.07) is 8.43. The fourth-order valence-corrected chi connectivity index (χ4v) is 4.87. The van der Waals surface area contributed by atoms with Gasteiger partial charge in [0, 0.05) is 24.4 Å². The smallest absolute Gasteiger partial charge is 0.193 e. The average molecular weight is 531 g/mol. The highest BCUT2D eigenvalue weighted by Crippen LogP contribution is 2.32. The van der Waals surface area contributed by atoms with E-state index in [0.29, 0.717) is 53.6 Å². The van der Waals surface area contributed by atoms with Gasteiger partial charge in [-0.15, -0.1) is 0 Å². The third kappa shape index (κ3) is 3.96. The lowest BCUT2D eigenvalue weighted by molar-refractivity contribution is 0.0838. The number of benzene rings is 2. The van der Waals surface area contributed by atoms with Crippen LogP contribution in [0.3, 0.4) is 0 Å². The summed E-state index contributed by atoms with van der Waals surface area (Å²) in [5, 5.41) is 4.73. The molecule has 0 fully saturated rings. The van der Waals surface area contributed by atoms with Crippen molar-refractivity contribution in [3.63, 3.8) is 0 Å². The van der Waals surface area contributed by atoms with Crippen molar-refractivity contribution < 1.29 is 13.9 Å². The van der Waals surface area contributed by atoms with E-state index >= 15 is 0 Å². The first-order valence-electron chi connectivity index (χ1n) is 12.0. The van der Waals surface area contributed by atoms with Gasteiger partial charge in [-0.2, -0.15) is 5.10 Å². The third-order valence-corrected chi connectivity index (χ3v) is 6.70. The molecule has 6 aromatic rings. The molecule has 0 unspecified atom stereocenters. The van der Waals surface area contributed by atoms with Gasteiger partial charge in [-0.3, -0.25) is 4.68 Å². The molecule has 7 rings (SSSR count). The Labute approximate surface area is 220 Å². The zero-order chi connectivity index (χ0) is 25.8. The van der Waals surface area contributed by atoms with Crippen molar-refractivity contribution in [2.45, 2.75) is 26.6 Å². The Bertz CT molecular complexity index is 1840. The van der Waals surface area contributed by atoms with E-state index in [9.17, 15) is 4.39 Å². The Morgan fingerprint density at radius 3 is 2.97 bits per heavy atom. The van der Waals surface area contributed by atoms with Crippen LogP contribution in [-0.4, -0.2) is 45.9 Å². The van der Waals surface area contributed by atoms with Crippen LogP contribution in [0.4, 0.5) is 4.39 Å². The minimum atomic E-state index is -0.534. The van der Waals surface area contributed by atoms with E-state index in [4.69, 9.17) is 26.1 Å². The van der Waals surface area contributed by atoms with Gasteiger partial charge in [0.05, 0.1) is 54.4 Å². The van der Waals surface area contributed by atoms with Crippen LogP contribution in [0.1, 0.15) is 17.3 Å². The Kier molecular flexibility index (Phi) is 5.34. The number of hydrogen-bond donors (Lipinski definition) is 1. The van der Waals surface area contributed by atoms with Crippen LogP contribution in [-0.2, 0) is 24.4 Å². The number of fused-ring (bicyclic) bond motifs is 3. The van der Waals surface area contributed by atoms with Crippen LogP contribution in [0, 0.1) is 12.7 Å². The number of H-pyrrole nitrogens is 1. The first-order valence-corrected chi connectivity index (χ1v) is 12.3. The van der Waals surface area contributed by atoms with E-state index in [-0.39, 0.29) is 16.4 Å². The van der Waals surface area contributed by atoms with Crippen LogP contribution in [0.5, 0.6) is 11.5 Å². The second kappa shape index (κ2) is 8.89. The topological polar surface area (TPSA) is 109 Å². The Hall–Kier alpha value is -4.35. The molecule has 0 bridgehead atoms. The molecule has 5 heterocycles. The number of ether oxygens (including phenoxy) is 2. The number of aryl methyl sites for hydroxylation is 1. The van der Waals surface area contributed by atoms with Gasteiger partial charge >= 0.3 is 0 Å². The standard InChI is InChI=1S/C26H20ClFN8O2/c1-14-31-19-4-5-21(23(28)25(19)32-14)38-17-2-3-18-20(8-17)33-24(26(27)34-18)15-9-30-35(11-15)12-22-29-10-16-13-37-7-6-36(16)22/h2-5,8-11H,6-7,12-13H2,1H3,(H,31,32). The molecule has 0 radical (unpaired) electrons. The van der Waals surface area contributed by atoms with Crippen molar-refractivity contribution in [2.75, 3.05) is 6.61 Å². The number of aromatic amines is 1. The first kappa shape index (κ1) is 22.8. The molecule has 4 aromatic heterocycles. The molecule has 190 valence electrons. The molecule has 0 amide bonds. The summed E-state index contributed by atoms with van der Waals surface area (Å²) in [6.45, 7) is 4.27. The molecule has 12 heteroatoms. The van der Waals surface area contributed by atoms with Gasteiger partial charge in [0.15, 0.2) is 16.7 Å². The quantitative estimate of drug-likeness (QED) is 0.332. The molecule has 10 nitrogen and oxygen atoms in total. The lowest BCUT2D eigenvalue weighted by Crippen LogP contribution is -2.19. The Balaban J connectivity index is 1.18. The highest BCUT2D eigenvalue weighted by molar-refractivity contribution is 6.32. The number of halogens is 2. The van der Waals surface area contributed by atoms with Gasteiger partial charge in [-0.1, -0.05) is 11.6 Å². The Morgan fingerprint density at radius 1 is 1.13 bits per heavy atom. The van der Waals surface area contributed by atoms with Crippen LogP contribution >= 0.6 is 11.6 Å². The predicted molar refractivity (Wildman–Crippen MR) is 138 cm³/mol. The molecular formula is C26H20ClFN8O2. The maximum atomic E-state index is 15.0. The maximum Gasteiger partial charge on any atom is 0.193 e. The zero-order valence-electron chi connectivity index (χ0n) is 20.2. The molecule has 1 aliphatic heterocycles. The molecule has 0 saturated heterocycles. The van der Waals surface area contributed by atoms with Gasteiger partial charge < -0.3 is 19.0 Å². The number of hydrogen-bond acceptors (Lipinski definition) is 7. The summed E-state index contributed by atoms with van der Waals surface area (Å²) in [7, 11) is 0. The minimum Gasteiger partial charge on any atom is -0.454 e. The van der Waals surface area contributed by atoms with Gasteiger partial charge in [0.1, 0.15) is 28.6 Å². The number of nitrogens with zero attached hydrogens (tertiary/aromatic N) is 7. The fourth-order valence-electron chi connectivity index (χ4n) is 4.63. The van der Waals surface area contributed by atoms with E-state index < -0.39 is 5.82 Å². The van der Waals surface area contributed by atoms with Crippen molar-refractivity contribution in [3.05, 3.63) is 77.2 Å². The van der Waals surface area contributed by atoms with Gasteiger partial charge in [0.2, 0.25) is 0 Å². The highest BCUT2D eigenvalue weighted by Gasteiger charge is 2.17. The normalized spacial score (nSPS) is 13.3. The predicted octanol–water partition coefficient (Wildman–Crippen LogP) is 5.04. The number of rotatable bonds is 5. The second-order valence-electron chi connectivity index (χ2n) is 9.01. The van der Waals surface area contributed by atoms with Crippen LogP contribution < -0.4 is 4.74 Å². The lowest BCUT2D eigenvalue weighted by atomic mass is 10.2. The van der Waals surface area contributed by atoms with E-state index in [1.165, 1.54) is 0 Å². The van der Waals surface area contributed by atoms with Crippen LogP contribution in [0.2, 0.25) is 5.15 Å². The molecule has 0 aliphatic carbocycles. The van der Waals surface area contributed by atoms with E-state index in [2.05, 4.69) is 29.6 Å². The SMILES string of the molecule is Cc1nc2c(F)c(Oc3ccc4nc(Cl)c(-c5cnn(Cc6ncc7n6CCOC7)c5)nc4c3)ccc2[nH]1. The molecule has 0 atom stereocenters. The number of nitrogens with one attached hydrogen (secondary N) is 1. The van der Waals surface area contributed by atoms with Crippen LogP contribution in [0.25, 0.3) is 33.3 Å². The molecule has 0 spiro atoms. The molecular weight excluding hydrogens is 511 g/mol. The van der Waals surface area contributed by atoms with Gasteiger partial charge in [0.25, 0.3) is 0 Å².